The predicted molar refractivity (Wildman–Crippen MR) is 84.7 cm³/mol. The van der Waals surface area contributed by atoms with Gasteiger partial charge in [-0.3, -0.25) is 9.88 Å². The summed E-state index contributed by atoms with van der Waals surface area (Å²) in [6.45, 7) is 2.29. The second kappa shape index (κ2) is 6.68. The molecule has 0 amide bonds. The summed E-state index contributed by atoms with van der Waals surface area (Å²) < 4.78 is 40.3. The van der Waals surface area contributed by atoms with E-state index >= 15 is 0 Å². The van der Waals surface area contributed by atoms with E-state index in [9.17, 15) is 13.2 Å². The summed E-state index contributed by atoms with van der Waals surface area (Å²) in [5, 5.41) is 3.13. The number of halogens is 3. The summed E-state index contributed by atoms with van der Waals surface area (Å²) in [6.07, 6.45) is -2.63. The first-order valence-corrected chi connectivity index (χ1v) is 7.65. The molecule has 128 valence electrons. The van der Waals surface area contributed by atoms with Gasteiger partial charge in [-0.25, -0.2) is 0 Å². The lowest BCUT2D eigenvalue weighted by Gasteiger charge is -2.28. The van der Waals surface area contributed by atoms with Crippen LogP contribution in [0.2, 0.25) is 0 Å². The number of nitrogens with zero attached hydrogens (tertiary/aromatic N) is 2. The Kier molecular flexibility index (Phi) is 4.62. The van der Waals surface area contributed by atoms with Crippen LogP contribution in [0.5, 0.6) is 5.75 Å². The second-order valence-electron chi connectivity index (χ2n) is 5.73. The zero-order valence-corrected chi connectivity index (χ0v) is 13.2. The standard InChI is InChI=1S/C17H18F3N3O/c1-21-14-3-2-12-6-7-23(10-13(12)8-14)11-15-4-5-16(9-22-15)24-17(18,19)20/h2-5,8-9,21H,6-7,10-11H2,1H3. The van der Waals surface area contributed by atoms with E-state index in [1.54, 1.807) is 6.07 Å². The number of benzene rings is 1. The van der Waals surface area contributed by atoms with E-state index in [0.29, 0.717) is 6.54 Å². The molecule has 3 rings (SSSR count). The molecule has 0 fully saturated rings. The molecule has 4 nitrogen and oxygen atoms in total. The molecular weight excluding hydrogens is 319 g/mol. The Morgan fingerprint density at radius 3 is 2.71 bits per heavy atom. The fraction of sp³-hybridized carbons (Fsp3) is 0.353. The summed E-state index contributed by atoms with van der Waals surface area (Å²) in [6, 6.07) is 9.21. The molecule has 1 aromatic heterocycles. The lowest BCUT2D eigenvalue weighted by molar-refractivity contribution is -0.274. The molecule has 0 saturated heterocycles. The van der Waals surface area contributed by atoms with Gasteiger partial charge in [0, 0.05) is 32.4 Å². The van der Waals surface area contributed by atoms with Crippen molar-refractivity contribution in [1.82, 2.24) is 9.88 Å². The van der Waals surface area contributed by atoms with Gasteiger partial charge in [0.05, 0.1) is 11.9 Å². The van der Waals surface area contributed by atoms with Gasteiger partial charge >= 0.3 is 6.36 Å². The fourth-order valence-corrected chi connectivity index (χ4v) is 2.83. The summed E-state index contributed by atoms with van der Waals surface area (Å²) in [5.74, 6) is -0.297. The number of hydrogen-bond donors (Lipinski definition) is 1. The van der Waals surface area contributed by atoms with Crippen LogP contribution in [0.1, 0.15) is 16.8 Å². The molecule has 1 aromatic carbocycles. The van der Waals surface area contributed by atoms with Gasteiger partial charge in [0.1, 0.15) is 5.75 Å². The van der Waals surface area contributed by atoms with Gasteiger partial charge in [0.25, 0.3) is 0 Å². The number of aromatic nitrogens is 1. The van der Waals surface area contributed by atoms with E-state index in [1.165, 1.54) is 17.2 Å². The first-order valence-electron chi connectivity index (χ1n) is 7.65. The van der Waals surface area contributed by atoms with Gasteiger partial charge < -0.3 is 10.1 Å². The number of alkyl halides is 3. The minimum atomic E-state index is -4.69. The van der Waals surface area contributed by atoms with Gasteiger partial charge in [-0.15, -0.1) is 13.2 Å². The largest absolute Gasteiger partial charge is 0.573 e. The SMILES string of the molecule is CNc1ccc2c(c1)CN(Cc1ccc(OC(F)(F)F)cn1)CC2. The van der Waals surface area contributed by atoms with Crippen LogP contribution < -0.4 is 10.1 Å². The summed E-state index contributed by atoms with van der Waals surface area (Å²) >= 11 is 0. The molecular formula is C17H18F3N3O. The Bertz CT molecular complexity index is 701. The average molecular weight is 337 g/mol. The average Bonchev–Trinajstić information content (AvgIpc) is 2.54. The molecule has 2 aromatic rings. The molecule has 0 bridgehead atoms. The van der Waals surface area contributed by atoms with Crippen molar-refractivity contribution in [3.8, 4) is 5.75 Å². The summed E-state index contributed by atoms with van der Waals surface area (Å²) in [7, 11) is 1.89. The molecule has 0 spiro atoms. The topological polar surface area (TPSA) is 37.4 Å². The molecule has 1 N–H and O–H groups in total. The van der Waals surface area contributed by atoms with Crippen molar-refractivity contribution >= 4 is 5.69 Å². The van der Waals surface area contributed by atoms with Gasteiger partial charge in [0.15, 0.2) is 0 Å². The molecule has 1 aliphatic heterocycles. The number of pyridine rings is 1. The second-order valence-corrected chi connectivity index (χ2v) is 5.73. The Morgan fingerprint density at radius 1 is 1.21 bits per heavy atom. The minimum absolute atomic E-state index is 0.297. The number of hydrogen-bond acceptors (Lipinski definition) is 4. The van der Waals surface area contributed by atoms with Crippen LogP contribution in [0, 0.1) is 0 Å². The van der Waals surface area contributed by atoms with Crippen LogP contribution >= 0.6 is 0 Å². The van der Waals surface area contributed by atoms with Crippen molar-refractivity contribution in [2.24, 2.45) is 0 Å². The van der Waals surface area contributed by atoms with E-state index in [1.807, 2.05) is 7.05 Å². The maximum Gasteiger partial charge on any atom is 0.573 e. The van der Waals surface area contributed by atoms with Crippen LogP contribution in [0.25, 0.3) is 0 Å². The van der Waals surface area contributed by atoms with E-state index in [-0.39, 0.29) is 5.75 Å². The number of anilines is 1. The molecule has 24 heavy (non-hydrogen) atoms. The smallest absolute Gasteiger partial charge is 0.404 e. The summed E-state index contributed by atoms with van der Waals surface area (Å²) in [5.41, 5.74) is 4.40. The summed E-state index contributed by atoms with van der Waals surface area (Å²) in [4.78, 5) is 6.30. The van der Waals surface area contributed by atoms with Crippen molar-refractivity contribution < 1.29 is 17.9 Å². The zero-order chi connectivity index (χ0) is 17.2. The first-order chi connectivity index (χ1) is 11.4. The lowest BCUT2D eigenvalue weighted by Crippen LogP contribution is -2.30. The third-order valence-electron chi connectivity index (χ3n) is 4.00. The van der Waals surface area contributed by atoms with Crippen molar-refractivity contribution in [3.63, 3.8) is 0 Å². The zero-order valence-electron chi connectivity index (χ0n) is 13.2. The fourth-order valence-electron chi connectivity index (χ4n) is 2.83. The van der Waals surface area contributed by atoms with Crippen LogP contribution in [-0.4, -0.2) is 29.8 Å². The molecule has 2 heterocycles. The lowest BCUT2D eigenvalue weighted by atomic mass is 9.99. The van der Waals surface area contributed by atoms with Crippen molar-refractivity contribution in [3.05, 3.63) is 53.3 Å². The quantitative estimate of drug-likeness (QED) is 0.925. The van der Waals surface area contributed by atoms with E-state index in [4.69, 9.17) is 0 Å². The molecule has 0 radical (unpaired) electrons. The maximum atomic E-state index is 12.2. The van der Waals surface area contributed by atoms with Gasteiger partial charge in [-0.2, -0.15) is 0 Å². The number of rotatable bonds is 4. The normalized spacial score (nSPS) is 15.0. The van der Waals surface area contributed by atoms with Crippen molar-refractivity contribution in [1.29, 1.82) is 0 Å². The Hall–Kier alpha value is -2.28. The third-order valence-corrected chi connectivity index (χ3v) is 4.00. The number of nitrogens with one attached hydrogen (secondary N) is 1. The number of ether oxygens (including phenoxy) is 1. The molecule has 0 atom stereocenters. The maximum absolute atomic E-state index is 12.2. The highest BCUT2D eigenvalue weighted by Gasteiger charge is 2.31. The molecule has 0 aliphatic carbocycles. The van der Waals surface area contributed by atoms with Crippen molar-refractivity contribution in [2.45, 2.75) is 25.9 Å². The predicted octanol–water partition coefficient (Wildman–Crippen LogP) is 3.58. The van der Waals surface area contributed by atoms with Crippen molar-refractivity contribution in [2.75, 3.05) is 18.9 Å². The highest BCUT2D eigenvalue weighted by atomic mass is 19.4. The van der Waals surface area contributed by atoms with Crippen LogP contribution in [-0.2, 0) is 19.5 Å². The minimum Gasteiger partial charge on any atom is -0.404 e. The van der Waals surface area contributed by atoms with Gasteiger partial charge in [-0.05, 0) is 41.8 Å². The van der Waals surface area contributed by atoms with Gasteiger partial charge in [-0.1, -0.05) is 6.07 Å². The molecule has 7 heteroatoms. The first kappa shape index (κ1) is 16.6. The van der Waals surface area contributed by atoms with E-state index < -0.39 is 6.36 Å². The van der Waals surface area contributed by atoms with E-state index in [0.717, 1.165) is 37.1 Å². The Morgan fingerprint density at radius 2 is 2.04 bits per heavy atom. The third kappa shape index (κ3) is 4.17. The molecule has 0 unspecified atom stereocenters. The Labute approximate surface area is 138 Å². The van der Waals surface area contributed by atoms with Gasteiger partial charge in [0.2, 0.25) is 0 Å². The number of fused-ring (bicyclic) bond motifs is 1. The van der Waals surface area contributed by atoms with E-state index in [2.05, 4.69) is 38.1 Å². The Balaban J connectivity index is 1.64. The molecule has 1 aliphatic rings. The van der Waals surface area contributed by atoms with Crippen LogP contribution in [0.3, 0.4) is 0 Å². The van der Waals surface area contributed by atoms with Crippen LogP contribution in [0.15, 0.2) is 36.5 Å². The highest BCUT2D eigenvalue weighted by Crippen LogP contribution is 2.25. The highest BCUT2D eigenvalue weighted by molar-refractivity contribution is 5.48. The monoisotopic (exact) mass is 337 g/mol. The molecule has 0 saturated carbocycles. The van der Waals surface area contributed by atoms with Crippen LogP contribution in [0.4, 0.5) is 18.9 Å².